The van der Waals surface area contributed by atoms with Gasteiger partial charge in [0.1, 0.15) is 0 Å². The Morgan fingerprint density at radius 1 is 1.20 bits per heavy atom. The topological polar surface area (TPSA) is 74.6 Å². The number of aliphatic carboxylic acids is 1. The van der Waals surface area contributed by atoms with Gasteiger partial charge in [0.15, 0.2) is 0 Å². The van der Waals surface area contributed by atoms with Crippen molar-refractivity contribution in [3.63, 3.8) is 0 Å². The highest BCUT2D eigenvalue weighted by molar-refractivity contribution is 6.37. The molecule has 0 aliphatic heterocycles. The molecule has 0 fully saturated rings. The van der Waals surface area contributed by atoms with Gasteiger partial charge < -0.3 is 10.2 Å². The fraction of sp³-hybridized carbons (Fsp3) is 0. The SMILES string of the molecule is O=C(O)C(=O)/C=C\C=C\O. The average molecular weight is 142 g/mol. The van der Waals surface area contributed by atoms with Crippen LogP contribution in [0.25, 0.3) is 0 Å². The molecule has 0 aliphatic rings. The van der Waals surface area contributed by atoms with Crippen molar-refractivity contribution in [1.82, 2.24) is 0 Å². The van der Waals surface area contributed by atoms with Gasteiger partial charge in [0.25, 0.3) is 5.78 Å². The van der Waals surface area contributed by atoms with Gasteiger partial charge in [-0.3, -0.25) is 4.79 Å². The number of allylic oxidation sites excluding steroid dienone is 2. The van der Waals surface area contributed by atoms with Crippen LogP contribution in [-0.4, -0.2) is 22.0 Å². The maximum atomic E-state index is 10.2. The van der Waals surface area contributed by atoms with Gasteiger partial charge in [-0.15, -0.1) is 0 Å². The Morgan fingerprint density at radius 3 is 2.20 bits per heavy atom. The first-order chi connectivity index (χ1) is 4.68. The lowest BCUT2D eigenvalue weighted by atomic mass is 10.3. The van der Waals surface area contributed by atoms with Crippen LogP contribution in [0, 0.1) is 0 Å². The zero-order valence-electron chi connectivity index (χ0n) is 5.02. The van der Waals surface area contributed by atoms with Gasteiger partial charge in [-0.25, -0.2) is 4.79 Å². The molecular formula is C6H6O4. The number of carboxylic acids is 1. The van der Waals surface area contributed by atoms with E-state index in [9.17, 15) is 9.59 Å². The van der Waals surface area contributed by atoms with Crippen LogP contribution in [0.4, 0.5) is 0 Å². The summed E-state index contributed by atoms with van der Waals surface area (Å²) in [5, 5.41) is 16.0. The Balaban J connectivity index is 3.90. The van der Waals surface area contributed by atoms with Crippen LogP contribution in [0.15, 0.2) is 24.5 Å². The van der Waals surface area contributed by atoms with E-state index in [4.69, 9.17) is 10.2 Å². The summed E-state index contributed by atoms with van der Waals surface area (Å²) in [5.74, 6) is -2.53. The van der Waals surface area contributed by atoms with Crippen molar-refractivity contribution in [2.24, 2.45) is 0 Å². The number of carboxylic acid groups (broad SMARTS) is 1. The summed E-state index contributed by atoms with van der Waals surface area (Å²) in [5.41, 5.74) is 0. The van der Waals surface area contributed by atoms with Crippen LogP contribution in [-0.2, 0) is 9.59 Å². The second kappa shape index (κ2) is 4.31. The molecule has 10 heavy (non-hydrogen) atoms. The van der Waals surface area contributed by atoms with Crippen molar-refractivity contribution in [2.45, 2.75) is 0 Å². The first-order valence-electron chi connectivity index (χ1n) is 2.43. The van der Waals surface area contributed by atoms with Crippen LogP contribution >= 0.6 is 0 Å². The van der Waals surface area contributed by atoms with E-state index in [2.05, 4.69) is 0 Å². The molecule has 4 heteroatoms. The molecule has 0 aliphatic carbocycles. The minimum atomic E-state index is -1.51. The molecular weight excluding hydrogens is 136 g/mol. The van der Waals surface area contributed by atoms with Gasteiger partial charge in [-0.05, 0) is 12.2 Å². The fourth-order valence-electron chi connectivity index (χ4n) is 0.264. The van der Waals surface area contributed by atoms with E-state index in [1.54, 1.807) is 0 Å². The lowest BCUT2D eigenvalue weighted by Crippen LogP contribution is -2.08. The zero-order valence-corrected chi connectivity index (χ0v) is 5.02. The molecule has 0 aromatic heterocycles. The van der Waals surface area contributed by atoms with Gasteiger partial charge in [0, 0.05) is 0 Å². The van der Waals surface area contributed by atoms with Crippen molar-refractivity contribution in [3.8, 4) is 0 Å². The van der Waals surface area contributed by atoms with Crippen LogP contribution in [0.3, 0.4) is 0 Å². The van der Waals surface area contributed by atoms with E-state index in [0.717, 1.165) is 18.2 Å². The molecule has 0 unspecified atom stereocenters. The summed E-state index contributed by atoms with van der Waals surface area (Å²) in [6, 6.07) is 0. The number of aliphatic hydroxyl groups excluding tert-OH is 1. The van der Waals surface area contributed by atoms with Gasteiger partial charge in [-0.1, -0.05) is 6.08 Å². The predicted molar refractivity (Wildman–Crippen MR) is 33.6 cm³/mol. The van der Waals surface area contributed by atoms with Crippen molar-refractivity contribution < 1.29 is 19.8 Å². The lowest BCUT2D eigenvalue weighted by molar-refractivity contribution is -0.146. The van der Waals surface area contributed by atoms with Gasteiger partial charge in [-0.2, -0.15) is 0 Å². The highest BCUT2D eigenvalue weighted by Gasteiger charge is 2.03. The quantitative estimate of drug-likeness (QED) is 0.256. The Morgan fingerprint density at radius 2 is 1.80 bits per heavy atom. The second-order valence-electron chi connectivity index (χ2n) is 1.37. The Labute approximate surface area is 57.1 Å². The molecule has 0 heterocycles. The monoisotopic (exact) mass is 142 g/mol. The summed E-state index contributed by atoms with van der Waals surface area (Å²) in [7, 11) is 0. The summed E-state index contributed by atoms with van der Waals surface area (Å²) < 4.78 is 0. The number of hydrogen-bond donors (Lipinski definition) is 2. The van der Waals surface area contributed by atoms with Gasteiger partial charge in [0.05, 0.1) is 6.26 Å². The Hall–Kier alpha value is -1.58. The van der Waals surface area contributed by atoms with Crippen LogP contribution in [0.2, 0.25) is 0 Å². The fourth-order valence-corrected chi connectivity index (χ4v) is 0.264. The van der Waals surface area contributed by atoms with E-state index in [1.807, 2.05) is 0 Å². The highest BCUT2D eigenvalue weighted by Crippen LogP contribution is 1.78. The maximum absolute atomic E-state index is 10.2. The predicted octanol–water partition coefficient (Wildman–Crippen LogP) is 0.268. The Kier molecular flexibility index (Phi) is 3.63. The first kappa shape index (κ1) is 8.42. The van der Waals surface area contributed by atoms with Crippen molar-refractivity contribution in [1.29, 1.82) is 0 Å². The van der Waals surface area contributed by atoms with Crippen molar-refractivity contribution >= 4 is 11.8 Å². The van der Waals surface area contributed by atoms with Crippen LogP contribution in [0.1, 0.15) is 0 Å². The average Bonchev–Trinajstić information content (AvgIpc) is 1.88. The summed E-state index contributed by atoms with van der Waals surface area (Å²) in [4.78, 5) is 20.0. The van der Waals surface area contributed by atoms with Gasteiger partial charge in [0.2, 0.25) is 0 Å². The lowest BCUT2D eigenvalue weighted by Gasteiger charge is -1.79. The van der Waals surface area contributed by atoms with Crippen LogP contribution < -0.4 is 0 Å². The van der Waals surface area contributed by atoms with E-state index < -0.39 is 11.8 Å². The van der Waals surface area contributed by atoms with Crippen LogP contribution in [0.5, 0.6) is 0 Å². The standard InChI is InChI=1S/C6H6O4/c7-4-2-1-3-5(8)6(9)10/h1-4,7H,(H,9,10)/b3-1-,4-2+. The minimum absolute atomic E-state index is 0.700. The number of rotatable bonds is 3. The zero-order chi connectivity index (χ0) is 7.98. The van der Waals surface area contributed by atoms with E-state index >= 15 is 0 Å². The number of carbonyl (C=O) groups is 2. The van der Waals surface area contributed by atoms with Crippen molar-refractivity contribution in [2.75, 3.05) is 0 Å². The highest BCUT2D eigenvalue weighted by atomic mass is 16.4. The molecule has 0 radical (unpaired) electrons. The van der Waals surface area contributed by atoms with E-state index in [1.165, 1.54) is 0 Å². The smallest absolute Gasteiger partial charge is 0.376 e. The van der Waals surface area contributed by atoms with E-state index in [0.29, 0.717) is 6.26 Å². The molecule has 0 saturated heterocycles. The molecule has 0 amide bonds. The molecule has 0 saturated carbocycles. The molecule has 0 aromatic carbocycles. The molecule has 4 nitrogen and oxygen atoms in total. The maximum Gasteiger partial charge on any atom is 0.376 e. The molecule has 0 spiro atoms. The van der Waals surface area contributed by atoms with E-state index in [-0.39, 0.29) is 0 Å². The molecule has 0 atom stereocenters. The van der Waals surface area contributed by atoms with Crippen molar-refractivity contribution in [3.05, 3.63) is 24.5 Å². The normalized spacial score (nSPS) is 10.8. The minimum Gasteiger partial charge on any atom is -0.516 e. The summed E-state index contributed by atoms with van der Waals surface area (Å²) in [6.45, 7) is 0. The largest absolute Gasteiger partial charge is 0.516 e. The molecule has 2 N–H and O–H groups in total. The molecule has 0 aromatic rings. The third-order valence-electron chi connectivity index (χ3n) is 0.656. The molecule has 0 rings (SSSR count). The number of hydrogen-bond acceptors (Lipinski definition) is 3. The number of ketones is 1. The third-order valence-corrected chi connectivity index (χ3v) is 0.656. The summed E-state index contributed by atoms with van der Waals surface area (Å²) >= 11 is 0. The third kappa shape index (κ3) is 3.43. The second-order valence-corrected chi connectivity index (χ2v) is 1.37. The van der Waals surface area contributed by atoms with Gasteiger partial charge >= 0.3 is 5.97 Å². The Bertz CT molecular complexity index is 190. The summed E-state index contributed by atoms with van der Waals surface area (Å²) in [6.07, 6.45) is 3.82. The molecule has 0 bridgehead atoms. The number of carbonyl (C=O) groups excluding carboxylic acids is 1. The molecule has 54 valence electrons. The number of aliphatic hydroxyl groups is 1. The first-order valence-corrected chi connectivity index (χ1v) is 2.43.